The summed E-state index contributed by atoms with van der Waals surface area (Å²) in [6.45, 7) is 6.71. The van der Waals surface area contributed by atoms with Crippen LogP contribution >= 0.6 is 15.9 Å². The Labute approximate surface area is 238 Å². The van der Waals surface area contributed by atoms with Crippen LogP contribution in [0.3, 0.4) is 0 Å². The third-order valence-corrected chi connectivity index (χ3v) is 6.77. The lowest BCUT2D eigenvalue weighted by Crippen LogP contribution is -2.18. The van der Waals surface area contributed by atoms with Crippen molar-refractivity contribution in [1.82, 2.24) is 33.7 Å². The Morgan fingerprint density at radius 3 is 1.95 bits per heavy atom. The van der Waals surface area contributed by atoms with E-state index in [0.717, 1.165) is 4.60 Å². The van der Waals surface area contributed by atoms with Gasteiger partial charge in [-0.1, -0.05) is 12.1 Å². The van der Waals surface area contributed by atoms with E-state index in [9.17, 15) is 10.2 Å². The molecule has 6 aromatic rings. The van der Waals surface area contributed by atoms with Gasteiger partial charge in [-0.25, -0.2) is 24.3 Å². The summed E-state index contributed by atoms with van der Waals surface area (Å²) in [7, 11) is 0. The number of rotatable bonds is 4. The molecule has 0 atom stereocenters. The zero-order valence-corrected chi connectivity index (χ0v) is 23.9. The van der Waals surface area contributed by atoms with Crippen molar-refractivity contribution in [1.29, 1.82) is 0 Å². The lowest BCUT2D eigenvalue weighted by molar-refractivity contribution is 0.0734. The van der Waals surface area contributed by atoms with Crippen molar-refractivity contribution in [2.75, 3.05) is 0 Å². The largest absolute Gasteiger partial charge is 0.384 e. The van der Waals surface area contributed by atoms with Gasteiger partial charge in [0.05, 0.1) is 35.2 Å². The molecule has 1 aromatic carbocycles. The maximum absolute atomic E-state index is 15.2. The molecule has 2 N–H and O–H groups in total. The van der Waals surface area contributed by atoms with Gasteiger partial charge in [0.25, 0.3) is 0 Å². The SMILES string of the molecule is CC(C)(O)c1ccn2c(-c3cccc(-c4ccccn4)c3F)cnc2n1.CC(C)(O)c1ccn2c(Br)cnc2n1. The van der Waals surface area contributed by atoms with Crippen LogP contribution in [0.5, 0.6) is 0 Å². The summed E-state index contributed by atoms with van der Waals surface area (Å²) in [6.07, 6.45) is 8.46. The van der Waals surface area contributed by atoms with Crippen LogP contribution < -0.4 is 0 Å². The summed E-state index contributed by atoms with van der Waals surface area (Å²) in [5.74, 6) is 0.623. The average molecular weight is 604 g/mol. The van der Waals surface area contributed by atoms with E-state index in [1.54, 1.807) is 104 Å². The predicted octanol–water partition coefficient (Wildman–Crippen LogP) is 5.54. The van der Waals surface area contributed by atoms with Crippen molar-refractivity contribution in [2.45, 2.75) is 38.9 Å². The van der Waals surface area contributed by atoms with E-state index in [-0.39, 0.29) is 5.82 Å². The second kappa shape index (κ2) is 10.5. The van der Waals surface area contributed by atoms with Gasteiger partial charge < -0.3 is 10.2 Å². The molecule has 11 heteroatoms. The van der Waals surface area contributed by atoms with E-state index < -0.39 is 11.2 Å². The maximum Gasteiger partial charge on any atom is 0.234 e. The molecular weight excluding hydrogens is 577 g/mol. The number of nitrogens with zero attached hydrogens (tertiary/aromatic N) is 7. The Morgan fingerprint density at radius 2 is 1.32 bits per heavy atom. The normalized spacial score (nSPS) is 12.0. The van der Waals surface area contributed by atoms with Crippen LogP contribution in [0.2, 0.25) is 0 Å². The van der Waals surface area contributed by atoms with Crippen LogP contribution in [0, 0.1) is 5.82 Å². The third-order valence-electron chi connectivity index (χ3n) is 6.18. The number of fused-ring (bicyclic) bond motifs is 2. The number of hydrogen-bond donors (Lipinski definition) is 2. The molecule has 6 rings (SSSR count). The van der Waals surface area contributed by atoms with Gasteiger partial charge in [-0.15, -0.1) is 0 Å². The molecule has 5 aromatic heterocycles. The van der Waals surface area contributed by atoms with Crippen LogP contribution in [-0.4, -0.2) is 43.9 Å². The molecule has 0 saturated carbocycles. The molecule has 0 unspecified atom stereocenters. The Morgan fingerprint density at radius 1 is 0.725 bits per heavy atom. The minimum absolute atomic E-state index is 0.362. The Balaban J connectivity index is 0.000000194. The Hall–Kier alpha value is -4.06. The smallest absolute Gasteiger partial charge is 0.234 e. The highest BCUT2D eigenvalue weighted by Crippen LogP contribution is 2.30. The van der Waals surface area contributed by atoms with Gasteiger partial charge in [0.2, 0.25) is 11.6 Å². The van der Waals surface area contributed by atoms with E-state index in [0.29, 0.717) is 45.5 Å². The minimum atomic E-state index is -1.07. The third kappa shape index (κ3) is 5.48. The summed E-state index contributed by atoms with van der Waals surface area (Å²) in [4.78, 5) is 21.2. The lowest BCUT2D eigenvalue weighted by Gasteiger charge is -2.16. The summed E-state index contributed by atoms with van der Waals surface area (Å²) >= 11 is 3.34. The molecule has 0 aliphatic carbocycles. The number of imidazole rings is 2. The Bertz CT molecular complexity index is 1810. The van der Waals surface area contributed by atoms with Crippen molar-refractivity contribution in [3.63, 3.8) is 0 Å². The lowest BCUT2D eigenvalue weighted by atomic mass is 10.0. The van der Waals surface area contributed by atoms with E-state index in [1.807, 2.05) is 12.3 Å². The van der Waals surface area contributed by atoms with Gasteiger partial charge in [-0.2, -0.15) is 0 Å². The number of aromatic nitrogens is 7. The fourth-order valence-corrected chi connectivity index (χ4v) is 4.42. The highest BCUT2D eigenvalue weighted by molar-refractivity contribution is 9.10. The van der Waals surface area contributed by atoms with Gasteiger partial charge in [0, 0.05) is 29.7 Å². The molecule has 0 amide bonds. The summed E-state index contributed by atoms with van der Waals surface area (Å²) < 4.78 is 19.5. The van der Waals surface area contributed by atoms with E-state index in [2.05, 4.69) is 40.8 Å². The fraction of sp³-hybridized carbons (Fsp3) is 0.207. The number of halogens is 2. The molecule has 0 aliphatic rings. The predicted molar refractivity (Wildman–Crippen MR) is 153 cm³/mol. The van der Waals surface area contributed by atoms with Crippen LogP contribution in [-0.2, 0) is 11.2 Å². The number of aliphatic hydroxyl groups is 2. The fourth-order valence-electron chi connectivity index (χ4n) is 4.04. The molecule has 0 radical (unpaired) electrons. The van der Waals surface area contributed by atoms with Crippen LogP contribution in [0.25, 0.3) is 34.1 Å². The highest BCUT2D eigenvalue weighted by Gasteiger charge is 2.21. The summed E-state index contributed by atoms with van der Waals surface area (Å²) in [5, 5.41) is 19.9. The molecule has 0 fully saturated rings. The van der Waals surface area contributed by atoms with Crippen molar-refractivity contribution in [3.8, 4) is 22.5 Å². The summed E-state index contributed by atoms with van der Waals surface area (Å²) in [6, 6.07) is 14.1. The van der Waals surface area contributed by atoms with Crippen LogP contribution in [0.4, 0.5) is 4.39 Å². The maximum atomic E-state index is 15.2. The van der Waals surface area contributed by atoms with Crippen molar-refractivity contribution >= 4 is 27.5 Å². The van der Waals surface area contributed by atoms with Gasteiger partial charge in [0.1, 0.15) is 21.6 Å². The van der Waals surface area contributed by atoms with Gasteiger partial charge in [-0.3, -0.25) is 13.8 Å². The average Bonchev–Trinajstić information content (AvgIpc) is 3.51. The minimum Gasteiger partial charge on any atom is -0.384 e. The van der Waals surface area contributed by atoms with E-state index in [1.165, 1.54) is 0 Å². The number of pyridine rings is 1. The highest BCUT2D eigenvalue weighted by atomic mass is 79.9. The monoisotopic (exact) mass is 603 g/mol. The standard InChI is InChI=1S/C20H17FN4O.C9H10BrN3O/c1-20(2,26)17-9-11-25-16(12-23-19(25)24-17)14-7-5-6-13(18(14)21)15-8-3-4-10-22-15;1-9(2,14)6-3-4-13-7(10)5-11-8(13)12-6/h3-12,26H,1-2H3;3-5,14H,1-2H3. The first-order valence-electron chi connectivity index (χ1n) is 12.4. The zero-order chi connectivity index (χ0) is 28.7. The number of hydrogen-bond acceptors (Lipinski definition) is 7. The molecule has 5 heterocycles. The molecule has 9 nitrogen and oxygen atoms in total. The van der Waals surface area contributed by atoms with Crippen molar-refractivity contribution in [2.24, 2.45) is 0 Å². The molecule has 0 bridgehead atoms. The van der Waals surface area contributed by atoms with E-state index in [4.69, 9.17) is 0 Å². The topological polar surface area (TPSA) is 114 Å². The van der Waals surface area contributed by atoms with Gasteiger partial charge in [-0.05, 0) is 80.0 Å². The second-order valence-corrected chi connectivity index (χ2v) is 11.0. The zero-order valence-electron chi connectivity index (χ0n) is 22.3. The molecule has 40 heavy (non-hydrogen) atoms. The van der Waals surface area contributed by atoms with Crippen LogP contribution in [0.1, 0.15) is 39.1 Å². The molecule has 204 valence electrons. The molecule has 0 spiro atoms. The molecule has 0 saturated heterocycles. The first-order chi connectivity index (χ1) is 18.9. The van der Waals surface area contributed by atoms with E-state index >= 15 is 4.39 Å². The molecule has 0 aliphatic heterocycles. The van der Waals surface area contributed by atoms with Gasteiger partial charge in [0.15, 0.2) is 0 Å². The first kappa shape index (κ1) is 27.5. The molecular formula is C29H27BrFN7O2. The first-order valence-corrected chi connectivity index (χ1v) is 13.2. The number of benzene rings is 1. The quantitative estimate of drug-likeness (QED) is 0.272. The Kier molecular flexibility index (Phi) is 7.21. The van der Waals surface area contributed by atoms with Crippen molar-refractivity contribution in [3.05, 3.63) is 101 Å². The van der Waals surface area contributed by atoms with Crippen LogP contribution in [0.15, 0.2) is 84.1 Å². The van der Waals surface area contributed by atoms with Gasteiger partial charge >= 0.3 is 0 Å². The summed E-state index contributed by atoms with van der Waals surface area (Å²) in [5.41, 5.74) is 1.12. The van der Waals surface area contributed by atoms with Crippen molar-refractivity contribution < 1.29 is 14.6 Å². The second-order valence-electron chi connectivity index (χ2n) is 10.2.